The van der Waals surface area contributed by atoms with Gasteiger partial charge in [0.25, 0.3) is 0 Å². The first-order valence-electron chi connectivity index (χ1n) is 5.33. The lowest BCUT2D eigenvalue weighted by molar-refractivity contribution is 0.0242. The Morgan fingerprint density at radius 1 is 1.33 bits per heavy atom. The molecule has 3 atom stereocenters. The third-order valence-corrected chi connectivity index (χ3v) is 3.40. The zero-order valence-corrected chi connectivity index (χ0v) is 8.59. The van der Waals surface area contributed by atoms with Crippen molar-refractivity contribution in [1.82, 2.24) is 0 Å². The summed E-state index contributed by atoms with van der Waals surface area (Å²) in [5.41, 5.74) is 0. The van der Waals surface area contributed by atoms with Crippen molar-refractivity contribution < 1.29 is 5.11 Å². The molecule has 3 unspecified atom stereocenters. The fourth-order valence-corrected chi connectivity index (χ4v) is 2.37. The van der Waals surface area contributed by atoms with Gasteiger partial charge in [0.1, 0.15) is 0 Å². The Hall–Kier alpha value is -0.0400. The van der Waals surface area contributed by atoms with Crippen molar-refractivity contribution in [3.05, 3.63) is 0 Å². The van der Waals surface area contributed by atoms with Gasteiger partial charge in [-0.25, -0.2) is 0 Å². The Morgan fingerprint density at radius 3 is 2.50 bits per heavy atom. The molecule has 0 saturated heterocycles. The Balaban J connectivity index is 2.47. The standard InChI is InChI=1S/C11H22O/c1-4-9-5-6-11(12)10(7-9)8(2)3/h8-12H,4-7H2,1-3H3. The molecule has 1 saturated carbocycles. The quantitative estimate of drug-likeness (QED) is 0.675. The first kappa shape index (κ1) is 10.0. The summed E-state index contributed by atoms with van der Waals surface area (Å²) in [5.74, 6) is 2.08. The van der Waals surface area contributed by atoms with E-state index in [1.54, 1.807) is 0 Å². The zero-order chi connectivity index (χ0) is 9.14. The number of aliphatic hydroxyl groups is 1. The molecule has 1 fully saturated rings. The second-order valence-electron chi connectivity index (χ2n) is 4.56. The number of rotatable bonds is 2. The van der Waals surface area contributed by atoms with Crippen LogP contribution >= 0.6 is 0 Å². The maximum absolute atomic E-state index is 9.75. The van der Waals surface area contributed by atoms with Gasteiger partial charge in [-0.15, -0.1) is 0 Å². The molecule has 1 nitrogen and oxygen atoms in total. The van der Waals surface area contributed by atoms with Crippen LogP contribution in [0.3, 0.4) is 0 Å². The highest BCUT2D eigenvalue weighted by Gasteiger charge is 2.29. The molecule has 1 aliphatic carbocycles. The molecule has 0 aliphatic heterocycles. The van der Waals surface area contributed by atoms with Crippen molar-refractivity contribution in [3.63, 3.8) is 0 Å². The van der Waals surface area contributed by atoms with Gasteiger partial charge in [0, 0.05) is 0 Å². The predicted molar refractivity (Wildman–Crippen MR) is 52.0 cm³/mol. The van der Waals surface area contributed by atoms with Crippen LogP contribution < -0.4 is 0 Å². The van der Waals surface area contributed by atoms with Crippen LogP contribution in [0.15, 0.2) is 0 Å². The van der Waals surface area contributed by atoms with Crippen LogP contribution in [0.2, 0.25) is 0 Å². The molecule has 0 aromatic rings. The van der Waals surface area contributed by atoms with Crippen molar-refractivity contribution >= 4 is 0 Å². The lowest BCUT2D eigenvalue weighted by Crippen LogP contribution is -2.32. The lowest BCUT2D eigenvalue weighted by Gasteiger charge is -2.35. The first-order valence-corrected chi connectivity index (χ1v) is 5.33. The van der Waals surface area contributed by atoms with Gasteiger partial charge in [0.2, 0.25) is 0 Å². The Morgan fingerprint density at radius 2 is 2.00 bits per heavy atom. The normalized spacial score (nSPS) is 37.2. The van der Waals surface area contributed by atoms with Gasteiger partial charge < -0.3 is 5.11 Å². The maximum atomic E-state index is 9.75. The monoisotopic (exact) mass is 170 g/mol. The van der Waals surface area contributed by atoms with E-state index in [0.717, 1.165) is 12.3 Å². The van der Waals surface area contributed by atoms with Crippen LogP contribution in [-0.4, -0.2) is 11.2 Å². The molecule has 0 aromatic heterocycles. The second kappa shape index (κ2) is 4.27. The fraction of sp³-hybridized carbons (Fsp3) is 1.00. The van der Waals surface area contributed by atoms with Gasteiger partial charge in [0.05, 0.1) is 6.10 Å². The van der Waals surface area contributed by atoms with Crippen LogP contribution in [0.25, 0.3) is 0 Å². The topological polar surface area (TPSA) is 20.2 Å². The Kier molecular flexibility index (Phi) is 3.57. The lowest BCUT2D eigenvalue weighted by atomic mass is 9.73. The summed E-state index contributed by atoms with van der Waals surface area (Å²) in [6.45, 7) is 6.72. The molecule has 1 N–H and O–H groups in total. The molecule has 1 heteroatoms. The molecule has 0 spiro atoms. The van der Waals surface area contributed by atoms with Gasteiger partial charge in [-0.1, -0.05) is 27.2 Å². The summed E-state index contributed by atoms with van der Waals surface area (Å²) in [4.78, 5) is 0. The van der Waals surface area contributed by atoms with Crippen LogP contribution in [0, 0.1) is 17.8 Å². The van der Waals surface area contributed by atoms with E-state index in [2.05, 4.69) is 20.8 Å². The molecule has 0 bridgehead atoms. The average Bonchev–Trinajstić information content (AvgIpc) is 2.05. The van der Waals surface area contributed by atoms with Gasteiger partial charge in [-0.2, -0.15) is 0 Å². The molecule has 12 heavy (non-hydrogen) atoms. The van der Waals surface area contributed by atoms with Crippen molar-refractivity contribution in [3.8, 4) is 0 Å². The molecular formula is C11H22O. The molecule has 72 valence electrons. The maximum Gasteiger partial charge on any atom is 0.0571 e. The van der Waals surface area contributed by atoms with E-state index in [0.29, 0.717) is 11.8 Å². The van der Waals surface area contributed by atoms with Gasteiger partial charge in [-0.05, 0) is 37.0 Å². The molecule has 1 aliphatic rings. The largest absolute Gasteiger partial charge is 0.393 e. The van der Waals surface area contributed by atoms with E-state index in [-0.39, 0.29) is 6.10 Å². The van der Waals surface area contributed by atoms with Crippen molar-refractivity contribution in [2.24, 2.45) is 17.8 Å². The number of aliphatic hydroxyl groups excluding tert-OH is 1. The predicted octanol–water partition coefficient (Wildman–Crippen LogP) is 2.83. The van der Waals surface area contributed by atoms with E-state index in [9.17, 15) is 5.11 Å². The van der Waals surface area contributed by atoms with E-state index in [1.165, 1.54) is 19.3 Å². The fourth-order valence-electron chi connectivity index (χ4n) is 2.37. The van der Waals surface area contributed by atoms with Crippen LogP contribution in [0.1, 0.15) is 46.5 Å². The molecule has 0 heterocycles. The minimum absolute atomic E-state index is 0.0206. The average molecular weight is 170 g/mol. The summed E-state index contributed by atoms with van der Waals surface area (Å²) < 4.78 is 0. The molecular weight excluding hydrogens is 148 g/mol. The summed E-state index contributed by atoms with van der Waals surface area (Å²) in [7, 11) is 0. The third kappa shape index (κ3) is 2.22. The Labute approximate surface area is 76.2 Å². The highest BCUT2D eigenvalue weighted by Crippen LogP contribution is 2.35. The minimum atomic E-state index is -0.0206. The Bertz CT molecular complexity index is 131. The zero-order valence-electron chi connectivity index (χ0n) is 8.59. The minimum Gasteiger partial charge on any atom is -0.393 e. The van der Waals surface area contributed by atoms with Crippen LogP contribution in [0.5, 0.6) is 0 Å². The van der Waals surface area contributed by atoms with Crippen molar-refractivity contribution in [1.29, 1.82) is 0 Å². The van der Waals surface area contributed by atoms with E-state index in [4.69, 9.17) is 0 Å². The molecule has 0 aromatic carbocycles. The summed E-state index contributed by atoms with van der Waals surface area (Å²) in [6.07, 6.45) is 4.78. The van der Waals surface area contributed by atoms with E-state index in [1.807, 2.05) is 0 Å². The molecule has 0 amide bonds. The number of hydrogen-bond donors (Lipinski definition) is 1. The van der Waals surface area contributed by atoms with Gasteiger partial charge >= 0.3 is 0 Å². The van der Waals surface area contributed by atoms with Crippen molar-refractivity contribution in [2.75, 3.05) is 0 Å². The summed E-state index contributed by atoms with van der Waals surface area (Å²) >= 11 is 0. The highest BCUT2D eigenvalue weighted by atomic mass is 16.3. The van der Waals surface area contributed by atoms with Gasteiger partial charge in [-0.3, -0.25) is 0 Å². The molecule has 0 radical (unpaired) electrons. The SMILES string of the molecule is CCC1CCC(O)C(C(C)C)C1. The van der Waals surface area contributed by atoms with E-state index < -0.39 is 0 Å². The van der Waals surface area contributed by atoms with Crippen molar-refractivity contribution in [2.45, 2.75) is 52.6 Å². The van der Waals surface area contributed by atoms with Crippen LogP contribution in [0.4, 0.5) is 0 Å². The molecule has 1 rings (SSSR count). The summed E-state index contributed by atoms with van der Waals surface area (Å²) in [5, 5.41) is 9.75. The van der Waals surface area contributed by atoms with Gasteiger partial charge in [0.15, 0.2) is 0 Å². The third-order valence-electron chi connectivity index (χ3n) is 3.40. The summed E-state index contributed by atoms with van der Waals surface area (Å²) in [6, 6.07) is 0. The van der Waals surface area contributed by atoms with E-state index >= 15 is 0 Å². The number of hydrogen-bond acceptors (Lipinski definition) is 1. The second-order valence-corrected chi connectivity index (χ2v) is 4.56. The smallest absolute Gasteiger partial charge is 0.0571 e. The highest BCUT2D eigenvalue weighted by molar-refractivity contribution is 4.80. The van der Waals surface area contributed by atoms with Crippen LogP contribution in [-0.2, 0) is 0 Å². The first-order chi connectivity index (χ1) is 5.65.